The summed E-state index contributed by atoms with van der Waals surface area (Å²) >= 11 is 0. The van der Waals surface area contributed by atoms with Crippen molar-refractivity contribution < 1.29 is 23.0 Å². The predicted molar refractivity (Wildman–Crippen MR) is 67.1 cm³/mol. The van der Waals surface area contributed by atoms with Crippen molar-refractivity contribution in [3.63, 3.8) is 0 Å². The smallest absolute Gasteiger partial charge is 0.388 e. The Morgan fingerprint density at radius 1 is 1.16 bits per heavy atom. The van der Waals surface area contributed by atoms with Crippen molar-refractivity contribution >= 4 is 0 Å². The number of hydrogen-bond donors (Lipinski definition) is 1. The molecule has 0 fully saturated rings. The van der Waals surface area contributed by atoms with Gasteiger partial charge in [0.05, 0.1) is 6.10 Å². The van der Waals surface area contributed by atoms with E-state index in [0.29, 0.717) is 0 Å². The van der Waals surface area contributed by atoms with E-state index in [1.54, 1.807) is 0 Å². The van der Waals surface area contributed by atoms with E-state index in [-0.39, 0.29) is 13.0 Å². The second-order valence-electron chi connectivity index (χ2n) is 4.78. The molecule has 0 aliphatic heterocycles. The van der Waals surface area contributed by atoms with Gasteiger partial charge >= 0.3 is 6.18 Å². The number of benzene rings is 1. The summed E-state index contributed by atoms with van der Waals surface area (Å²) in [5.41, 5.74) is 3.77. The van der Waals surface area contributed by atoms with Crippen LogP contribution in [-0.2, 0) is 4.74 Å². The largest absolute Gasteiger partial charge is 0.411 e. The van der Waals surface area contributed by atoms with E-state index in [2.05, 4.69) is 4.74 Å². The number of alkyl halides is 3. The number of aryl methyl sites for hydroxylation is 3. The third-order valence-corrected chi connectivity index (χ3v) is 2.87. The molecule has 0 amide bonds. The Hall–Kier alpha value is -1.07. The molecule has 2 nitrogen and oxygen atoms in total. The molecule has 1 N–H and O–H groups in total. The molecule has 0 bridgehead atoms. The summed E-state index contributed by atoms with van der Waals surface area (Å²) in [6, 6.07) is 3.89. The summed E-state index contributed by atoms with van der Waals surface area (Å²) in [6.45, 7) is 4.34. The normalized spacial score (nSPS) is 13.6. The van der Waals surface area contributed by atoms with E-state index in [0.717, 1.165) is 22.3 Å². The standard InChI is InChI=1S/C14H19F3O2/c1-9-6-10(2)13(11(3)7-9)12(18)4-5-19-8-14(15,16)17/h6-7,12,18H,4-5,8H2,1-3H3. The van der Waals surface area contributed by atoms with Crippen LogP contribution in [0.4, 0.5) is 13.2 Å². The highest BCUT2D eigenvalue weighted by molar-refractivity contribution is 5.38. The van der Waals surface area contributed by atoms with Gasteiger partial charge in [-0.05, 0) is 37.5 Å². The molecular weight excluding hydrogens is 257 g/mol. The van der Waals surface area contributed by atoms with Gasteiger partial charge in [0, 0.05) is 13.0 Å². The molecule has 108 valence electrons. The molecule has 0 heterocycles. The second-order valence-corrected chi connectivity index (χ2v) is 4.78. The molecule has 1 aromatic carbocycles. The van der Waals surface area contributed by atoms with E-state index in [1.165, 1.54) is 0 Å². The fourth-order valence-corrected chi connectivity index (χ4v) is 2.24. The highest BCUT2D eigenvalue weighted by Gasteiger charge is 2.27. The van der Waals surface area contributed by atoms with Gasteiger partial charge in [-0.3, -0.25) is 0 Å². The highest BCUT2D eigenvalue weighted by atomic mass is 19.4. The molecule has 0 spiro atoms. The van der Waals surface area contributed by atoms with Crippen LogP contribution in [-0.4, -0.2) is 24.5 Å². The topological polar surface area (TPSA) is 29.5 Å². The first kappa shape index (κ1) is 16.0. The lowest BCUT2D eigenvalue weighted by molar-refractivity contribution is -0.175. The molecular formula is C14H19F3O2. The highest BCUT2D eigenvalue weighted by Crippen LogP contribution is 2.26. The molecule has 19 heavy (non-hydrogen) atoms. The van der Waals surface area contributed by atoms with Gasteiger partial charge in [0.1, 0.15) is 6.61 Å². The monoisotopic (exact) mass is 276 g/mol. The van der Waals surface area contributed by atoms with Crippen LogP contribution in [0.2, 0.25) is 0 Å². The summed E-state index contributed by atoms with van der Waals surface area (Å²) in [4.78, 5) is 0. The van der Waals surface area contributed by atoms with E-state index in [1.807, 2.05) is 32.9 Å². The molecule has 1 atom stereocenters. The van der Waals surface area contributed by atoms with Crippen molar-refractivity contribution in [2.75, 3.05) is 13.2 Å². The van der Waals surface area contributed by atoms with Crippen LogP contribution in [0, 0.1) is 20.8 Å². The number of hydrogen-bond acceptors (Lipinski definition) is 2. The van der Waals surface area contributed by atoms with Gasteiger partial charge in [0.15, 0.2) is 0 Å². The number of rotatable bonds is 5. The average molecular weight is 276 g/mol. The zero-order valence-corrected chi connectivity index (χ0v) is 11.3. The van der Waals surface area contributed by atoms with E-state index in [9.17, 15) is 18.3 Å². The van der Waals surface area contributed by atoms with Crippen molar-refractivity contribution in [3.8, 4) is 0 Å². The number of halogens is 3. The molecule has 1 rings (SSSR count). The Balaban J connectivity index is 2.57. The van der Waals surface area contributed by atoms with Crippen molar-refractivity contribution in [2.45, 2.75) is 39.5 Å². The molecule has 0 saturated carbocycles. The lowest BCUT2D eigenvalue weighted by Gasteiger charge is -2.17. The SMILES string of the molecule is Cc1cc(C)c(C(O)CCOCC(F)(F)F)c(C)c1. The number of aliphatic hydroxyl groups is 1. The maximum atomic E-state index is 11.9. The zero-order chi connectivity index (χ0) is 14.6. The summed E-state index contributed by atoms with van der Waals surface area (Å²) in [7, 11) is 0. The van der Waals surface area contributed by atoms with Gasteiger partial charge in [-0.25, -0.2) is 0 Å². The van der Waals surface area contributed by atoms with Gasteiger partial charge in [0.25, 0.3) is 0 Å². The first-order valence-electron chi connectivity index (χ1n) is 6.11. The maximum Gasteiger partial charge on any atom is 0.411 e. The Morgan fingerprint density at radius 2 is 1.68 bits per heavy atom. The van der Waals surface area contributed by atoms with Gasteiger partial charge in [-0.1, -0.05) is 17.7 Å². The second kappa shape index (κ2) is 6.39. The fraction of sp³-hybridized carbons (Fsp3) is 0.571. The molecule has 0 radical (unpaired) electrons. The van der Waals surface area contributed by atoms with Crippen LogP contribution in [0.25, 0.3) is 0 Å². The zero-order valence-electron chi connectivity index (χ0n) is 11.3. The molecule has 0 saturated heterocycles. The van der Waals surface area contributed by atoms with E-state index < -0.39 is 18.9 Å². The molecule has 1 unspecified atom stereocenters. The predicted octanol–water partition coefficient (Wildman–Crippen LogP) is 3.61. The van der Waals surface area contributed by atoms with Gasteiger partial charge < -0.3 is 9.84 Å². The van der Waals surface area contributed by atoms with Crippen LogP contribution in [0.1, 0.15) is 34.8 Å². The van der Waals surface area contributed by atoms with Gasteiger partial charge in [-0.2, -0.15) is 13.2 Å². The molecule has 1 aromatic rings. The minimum Gasteiger partial charge on any atom is -0.388 e. The Kier molecular flexibility index (Phi) is 5.38. The van der Waals surface area contributed by atoms with Crippen LogP contribution < -0.4 is 0 Å². The van der Waals surface area contributed by atoms with Crippen LogP contribution in [0.15, 0.2) is 12.1 Å². The molecule has 0 aliphatic rings. The van der Waals surface area contributed by atoms with Crippen molar-refractivity contribution in [2.24, 2.45) is 0 Å². The minimum atomic E-state index is -4.32. The third-order valence-electron chi connectivity index (χ3n) is 2.87. The molecule has 0 aliphatic carbocycles. The third kappa shape index (κ3) is 5.20. The maximum absolute atomic E-state index is 11.9. The van der Waals surface area contributed by atoms with E-state index >= 15 is 0 Å². The summed E-state index contributed by atoms with van der Waals surface area (Å²) in [6.07, 6.45) is -4.96. The first-order chi connectivity index (χ1) is 8.70. The average Bonchev–Trinajstić information content (AvgIpc) is 2.21. The lowest BCUT2D eigenvalue weighted by atomic mass is 9.94. The Labute approximate surface area is 111 Å². The lowest BCUT2D eigenvalue weighted by Crippen LogP contribution is -2.18. The van der Waals surface area contributed by atoms with Crippen LogP contribution >= 0.6 is 0 Å². The summed E-state index contributed by atoms with van der Waals surface area (Å²) < 4.78 is 40.2. The molecule has 0 aromatic heterocycles. The molecule has 5 heteroatoms. The quantitative estimate of drug-likeness (QED) is 0.832. The Bertz CT molecular complexity index is 404. The van der Waals surface area contributed by atoms with Crippen molar-refractivity contribution in [3.05, 3.63) is 34.4 Å². The van der Waals surface area contributed by atoms with Gasteiger partial charge in [-0.15, -0.1) is 0 Å². The summed E-state index contributed by atoms with van der Waals surface area (Å²) in [5, 5.41) is 10.0. The summed E-state index contributed by atoms with van der Waals surface area (Å²) in [5.74, 6) is 0. The fourth-order valence-electron chi connectivity index (χ4n) is 2.24. The van der Waals surface area contributed by atoms with Crippen LogP contribution in [0.5, 0.6) is 0 Å². The number of ether oxygens (including phenoxy) is 1. The van der Waals surface area contributed by atoms with Crippen molar-refractivity contribution in [1.29, 1.82) is 0 Å². The number of aliphatic hydroxyl groups excluding tert-OH is 1. The Morgan fingerprint density at radius 3 is 2.16 bits per heavy atom. The first-order valence-corrected chi connectivity index (χ1v) is 6.11. The van der Waals surface area contributed by atoms with E-state index in [4.69, 9.17) is 0 Å². The van der Waals surface area contributed by atoms with Crippen LogP contribution in [0.3, 0.4) is 0 Å². The minimum absolute atomic E-state index is 0.118. The van der Waals surface area contributed by atoms with Crippen molar-refractivity contribution in [1.82, 2.24) is 0 Å². The van der Waals surface area contributed by atoms with Gasteiger partial charge in [0.2, 0.25) is 0 Å².